The second-order valence-corrected chi connectivity index (χ2v) is 8.94. The van der Waals surface area contributed by atoms with Gasteiger partial charge in [-0.25, -0.2) is 4.79 Å². The number of thioether (sulfide) groups is 1. The van der Waals surface area contributed by atoms with Gasteiger partial charge < -0.3 is 18.9 Å². The van der Waals surface area contributed by atoms with Gasteiger partial charge in [0, 0.05) is 16.9 Å². The van der Waals surface area contributed by atoms with E-state index in [1.807, 2.05) is 78.9 Å². The Hall–Kier alpha value is -2.64. The number of fused-ring (bicyclic) bond motifs is 1. The Kier molecular flexibility index (Phi) is 6.55. The third-order valence-electron chi connectivity index (χ3n) is 5.54. The van der Waals surface area contributed by atoms with Crippen molar-refractivity contribution in [2.75, 3.05) is 6.61 Å². The van der Waals surface area contributed by atoms with Crippen molar-refractivity contribution in [2.24, 2.45) is 0 Å². The maximum Gasteiger partial charge on any atom is 0.338 e. The van der Waals surface area contributed by atoms with Crippen LogP contribution in [-0.2, 0) is 18.9 Å². The van der Waals surface area contributed by atoms with Crippen molar-refractivity contribution in [1.82, 2.24) is 0 Å². The molecule has 0 spiro atoms. The molecule has 5 nitrogen and oxygen atoms in total. The molecule has 2 heterocycles. The molecule has 2 saturated heterocycles. The highest BCUT2D eigenvalue weighted by atomic mass is 32.2. The predicted molar refractivity (Wildman–Crippen MR) is 121 cm³/mol. The van der Waals surface area contributed by atoms with Crippen molar-refractivity contribution >= 4 is 17.7 Å². The summed E-state index contributed by atoms with van der Waals surface area (Å²) in [7, 11) is 0. The van der Waals surface area contributed by atoms with Crippen LogP contribution in [0.1, 0.15) is 28.6 Å². The SMILES string of the molecule is O=C(OC1C[C@@H]2OC(c3ccccc3)OCC2O[C@H]1Sc1ccccc1)c1ccccc1. The van der Waals surface area contributed by atoms with Crippen molar-refractivity contribution in [3.63, 3.8) is 0 Å². The Balaban J connectivity index is 1.34. The molecule has 6 heteroatoms. The summed E-state index contributed by atoms with van der Waals surface area (Å²) in [6.07, 6.45) is -0.813. The third-order valence-corrected chi connectivity index (χ3v) is 6.73. The predicted octanol–water partition coefficient (Wildman–Crippen LogP) is 5.23. The first-order valence-corrected chi connectivity index (χ1v) is 11.6. The summed E-state index contributed by atoms with van der Waals surface area (Å²) >= 11 is 1.55. The smallest absolute Gasteiger partial charge is 0.338 e. The lowest BCUT2D eigenvalue weighted by molar-refractivity contribution is -0.292. The summed E-state index contributed by atoms with van der Waals surface area (Å²) in [5.74, 6) is -0.358. The van der Waals surface area contributed by atoms with Crippen LogP contribution in [-0.4, -0.2) is 36.3 Å². The van der Waals surface area contributed by atoms with Gasteiger partial charge in [0.2, 0.25) is 0 Å². The molecule has 3 unspecified atom stereocenters. The Morgan fingerprint density at radius 3 is 2.19 bits per heavy atom. The van der Waals surface area contributed by atoms with Gasteiger partial charge in [-0.2, -0.15) is 0 Å². The topological polar surface area (TPSA) is 54.0 Å². The molecule has 0 bridgehead atoms. The van der Waals surface area contributed by atoms with E-state index in [4.69, 9.17) is 18.9 Å². The molecule has 164 valence electrons. The average molecular weight is 449 g/mol. The summed E-state index contributed by atoms with van der Waals surface area (Å²) in [5.41, 5.74) is 1.13. The monoisotopic (exact) mass is 448 g/mol. The lowest BCUT2D eigenvalue weighted by Crippen LogP contribution is -2.53. The minimum Gasteiger partial charge on any atom is -0.455 e. The van der Waals surface area contributed by atoms with E-state index in [0.29, 0.717) is 18.6 Å². The van der Waals surface area contributed by atoms with E-state index in [-0.39, 0.29) is 23.6 Å². The Bertz CT molecular complexity index is 1010. The van der Waals surface area contributed by atoms with Crippen molar-refractivity contribution in [3.8, 4) is 0 Å². The molecule has 2 aliphatic heterocycles. The zero-order valence-electron chi connectivity index (χ0n) is 17.4. The van der Waals surface area contributed by atoms with Crippen LogP contribution in [0.15, 0.2) is 95.9 Å². The van der Waals surface area contributed by atoms with Gasteiger partial charge in [-0.15, -0.1) is 0 Å². The number of benzene rings is 3. The van der Waals surface area contributed by atoms with Crippen LogP contribution in [0.3, 0.4) is 0 Å². The lowest BCUT2D eigenvalue weighted by atomic mass is 10.0. The normalized spacial score (nSPS) is 27.3. The summed E-state index contributed by atoms with van der Waals surface area (Å²) < 4.78 is 24.5. The molecule has 2 fully saturated rings. The Labute approximate surface area is 191 Å². The van der Waals surface area contributed by atoms with E-state index in [2.05, 4.69) is 0 Å². The van der Waals surface area contributed by atoms with Crippen LogP contribution in [0.25, 0.3) is 0 Å². The molecule has 0 amide bonds. The van der Waals surface area contributed by atoms with Crippen molar-refractivity contribution in [3.05, 3.63) is 102 Å². The van der Waals surface area contributed by atoms with Crippen LogP contribution < -0.4 is 0 Å². The van der Waals surface area contributed by atoms with Crippen LogP contribution in [0.2, 0.25) is 0 Å². The van der Waals surface area contributed by atoms with Gasteiger partial charge in [0.05, 0.1) is 18.3 Å². The number of carbonyl (C=O) groups is 1. The minimum absolute atomic E-state index is 0.220. The molecule has 0 aliphatic carbocycles. The second kappa shape index (κ2) is 9.88. The fraction of sp³-hybridized carbons (Fsp3) is 0.269. The fourth-order valence-electron chi connectivity index (χ4n) is 3.91. The second-order valence-electron chi connectivity index (χ2n) is 7.77. The highest BCUT2D eigenvalue weighted by molar-refractivity contribution is 7.99. The minimum atomic E-state index is -0.455. The zero-order chi connectivity index (χ0) is 21.8. The van der Waals surface area contributed by atoms with Gasteiger partial charge in [-0.1, -0.05) is 78.5 Å². The molecular formula is C26H24O5S. The molecule has 0 saturated carbocycles. The van der Waals surface area contributed by atoms with Gasteiger partial charge in [-0.05, 0) is 24.3 Å². The fourth-order valence-corrected chi connectivity index (χ4v) is 5.01. The van der Waals surface area contributed by atoms with E-state index in [1.54, 1.807) is 23.9 Å². The van der Waals surface area contributed by atoms with E-state index < -0.39 is 12.4 Å². The summed E-state index contributed by atoms with van der Waals surface area (Å²) in [5, 5.41) is 0. The molecule has 5 rings (SSSR count). The van der Waals surface area contributed by atoms with E-state index in [9.17, 15) is 4.79 Å². The summed E-state index contributed by atoms with van der Waals surface area (Å²) in [4.78, 5) is 13.9. The van der Waals surface area contributed by atoms with Crippen molar-refractivity contribution in [2.45, 2.75) is 41.4 Å². The van der Waals surface area contributed by atoms with Gasteiger partial charge in [0.15, 0.2) is 6.29 Å². The molecule has 5 atom stereocenters. The highest BCUT2D eigenvalue weighted by Crippen LogP contribution is 2.39. The number of carbonyl (C=O) groups excluding carboxylic acids is 1. The maximum atomic E-state index is 12.8. The molecule has 2 aliphatic rings. The van der Waals surface area contributed by atoms with Gasteiger partial charge >= 0.3 is 5.97 Å². The van der Waals surface area contributed by atoms with Gasteiger partial charge in [0.1, 0.15) is 17.6 Å². The molecule has 32 heavy (non-hydrogen) atoms. The van der Waals surface area contributed by atoms with E-state index in [0.717, 1.165) is 10.5 Å². The van der Waals surface area contributed by atoms with E-state index >= 15 is 0 Å². The highest BCUT2D eigenvalue weighted by Gasteiger charge is 2.45. The number of hydrogen-bond donors (Lipinski definition) is 0. The quantitative estimate of drug-likeness (QED) is 0.498. The molecule has 0 aromatic heterocycles. The molecule has 0 N–H and O–H groups in total. The van der Waals surface area contributed by atoms with Crippen LogP contribution in [0, 0.1) is 0 Å². The largest absolute Gasteiger partial charge is 0.455 e. The molecular weight excluding hydrogens is 424 g/mol. The average Bonchev–Trinajstić information content (AvgIpc) is 2.86. The van der Waals surface area contributed by atoms with Crippen LogP contribution in [0.5, 0.6) is 0 Å². The number of rotatable bonds is 5. The van der Waals surface area contributed by atoms with E-state index in [1.165, 1.54) is 0 Å². The standard InChI is InChI=1S/C26H24O5S/c27-24(18-10-4-1-5-11-18)29-22-16-21-23(31-26(22)32-20-14-8-3-9-15-20)17-28-25(30-21)19-12-6-2-7-13-19/h1-15,21-23,25-26H,16-17H2/t21-,22?,23?,25?,26-/m0/s1. The first-order valence-electron chi connectivity index (χ1n) is 10.7. The van der Waals surface area contributed by atoms with Gasteiger partial charge in [0.25, 0.3) is 0 Å². The summed E-state index contributed by atoms with van der Waals surface area (Å²) in [6.45, 7) is 0.426. The summed E-state index contributed by atoms with van der Waals surface area (Å²) in [6, 6.07) is 28.9. The maximum absolute atomic E-state index is 12.8. The van der Waals surface area contributed by atoms with Gasteiger partial charge in [-0.3, -0.25) is 0 Å². The molecule has 3 aromatic carbocycles. The lowest BCUT2D eigenvalue weighted by Gasteiger charge is -2.44. The third kappa shape index (κ3) is 4.89. The number of esters is 1. The van der Waals surface area contributed by atoms with Crippen LogP contribution >= 0.6 is 11.8 Å². The number of hydrogen-bond acceptors (Lipinski definition) is 6. The zero-order valence-corrected chi connectivity index (χ0v) is 18.2. The molecule has 3 aromatic rings. The first-order chi connectivity index (χ1) is 15.8. The van der Waals surface area contributed by atoms with Crippen LogP contribution in [0.4, 0.5) is 0 Å². The number of ether oxygens (including phenoxy) is 4. The first kappa shape index (κ1) is 21.2. The Morgan fingerprint density at radius 2 is 1.47 bits per heavy atom. The Morgan fingerprint density at radius 1 is 0.812 bits per heavy atom. The molecule has 0 radical (unpaired) electrons. The van der Waals surface area contributed by atoms with Crippen molar-refractivity contribution < 1.29 is 23.7 Å². The van der Waals surface area contributed by atoms with Crippen molar-refractivity contribution in [1.29, 1.82) is 0 Å².